The van der Waals surface area contributed by atoms with E-state index in [2.05, 4.69) is 5.32 Å². The van der Waals surface area contributed by atoms with Crippen LogP contribution in [0.5, 0.6) is 0 Å². The smallest absolute Gasteiger partial charge is 0.269 e. The zero-order valence-corrected chi connectivity index (χ0v) is 10.4. The van der Waals surface area contributed by atoms with E-state index < -0.39 is 10.0 Å². The lowest BCUT2D eigenvalue weighted by Crippen LogP contribution is -2.22. The van der Waals surface area contributed by atoms with Crippen molar-refractivity contribution in [3.63, 3.8) is 0 Å². The number of fused-ring (bicyclic) bond motifs is 2. The van der Waals surface area contributed by atoms with Crippen LogP contribution >= 0.6 is 0 Å². The maximum absolute atomic E-state index is 12.5. The Morgan fingerprint density at radius 3 is 2.78 bits per heavy atom. The molecule has 5 nitrogen and oxygen atoms in total. The van der Waals surface area contributed by atoms with Crippen LogP contribution in [0.15, 0.2) is 47.5 Å². The molecule has 1 aliphatic heterocycles. The monoisotopic (exact) mass is 263 g/mol. The average Bonchev–Trinajstić information content (AvgIpc) is 2.83. The maximum Gasteiger partial charge on any atom is 0.269 e. The molecule has 0 bridgehead atoms. The molecule has 3 N–H and O–H groups in total. The molecule has 0 radical (unpaired) electrons. The van der Waals surface area contributed by atoms with Crippen molar-refractivity contribution < 1.29 is 8.42 Å². The zero-order valence-electron chi connectivity index (χ0n) is 9.58. The summed E-state index contributed by atoms with van der Waals surface area (Å²) in [6.07, 6.45) is 1.55. The van der Waals surface area contributed by atoms with Gasteiger partial charge in [0.1, 0.15) is 4.90 Å². The van der Waals surface area contributed by atoms with Crippen LogP contribution in [0.1, 0.15) is 11.7 Å². The lowest BCUT2D eigenvalue weighted by molar-refractivity contribution is 0.585. The summed E-state index contributed by atoms with van der Waals surface area (Å²) in [5.41, 5.74) is 6.98. The molecule has 94 valence electrons. The molecule has 0 saturated carbocycles. The van der Waals surface area contributed by atoms with Crippen molar-refractivity contribution in [2.75, 3.05) is 11.9 Å². The number of hydrogen-bond acceptors (Lipinski definition) is 4. The van der Waals surface area contributed by atoms with E-state index in [4.69, 9.17) is 5.73 Å². The highest BCUT2D eigenvalue weighted by molar-refractivity contribution is 7.90. The van der Waals surface area contributed by atoms with Crippen molar-refractivity contribution in [3.05, 3.63) is 48.3 Å². The predicted octanol–water partition coefficient (Wildman–Crippen LogP) is 1.15. The molecule has 0 amide bonds. The van der Waals surface area contributed by atoms with Gasteiger partial charge in [-0.05, 0) is 24.3 Å². The second-order valence-corrected chi connectivity index (χ2v) is 5.95. The van der Waals surface area contributed by atoms with E-state index in [-0.39, 0.29) is 10.9 Å². The summed E-state index contributed by atoms with van der Waals surface area (Å²) in [5, 5.41) is 3.18. The molecule has 0 aliphatic carbocycles. The van der Waals surface area contributed by atoms with E-state index in [1.54, 1.807) is 42.6 Å². The van der Waals surface area contributed by atoms with Crippen molar-refractivity contribution in [2.45, 2.75) is 10.9 Å². The summed E-state index contributed by atoms with van der Waals surface area (Å²) in [5.74, 6) is 0. The van der Waals surface area contributed by atoms with Gasteiger partial charge in [-0.2, -0.15) is 0 Å². The third-order valence-corrected chi connectivity index (χ3v) is 4.85. The molecule has 1 unspecified atom stereocenters. The molecule has 1 aromatic heterocycles. The third-order valence-electron chi connectivity index (χ3n) is 3.09. The summed E-state index contributed by atoms with van der Waals surface area (Å²) < 4.78 is 26.3. The summed E-state index contributed by atoms with van der Waals surface area (Å²) in [6.45, 7) is 0.327. The Morgan fingerprint density at radius 1 is 1.22 bits per heavy atom. The molecular weight excluding hydrogens is 250 g/mol. The fraction of sp³-hybridized carbons (Fsp3) is 0.167. The quantitative estimate of drug-likeness (QED) is 0.809. The highest BCUT2D eigenvalue weighted by atomic mass is 32.2. The average molecular weight is 263 g/mol. The number of aromatic nitrogens is 1. The van der Waals surface area contributed by atoms with E-state index in [9.17, 15) is 8.42 Å². The minimum atomic E-state index is -3.54. The van der Waals surface area contributed by atoms with E-state index in [1.807, 2.05) is 0 Å². The molecule has 6 heteroatoms. The van der Waals surface area contributed by atoms with E-state index in [1.165, 1.54) is 3.97 Å². The van der Waals surface area contributed by atoms with Crippen LogP contribution in [0.4, 0.5) is 5.69 Å². The van der Waals surface area contributed by atoms with Crippen LogP contribution in [-0.4, -0.2) is 18.9 Å². The number of nitrogens with one attached hydrogen (secondary N) is 1. The highest BCUT2D eigenvalue weighted by Gasteiger charge is 2.29. The Hall–Kier alpha value is -1.79. The van der Waals surface area contributed by atoms with Crippen LogP contribution in [0.2, 0.25) is 0 Å². The summed E-state index contributed by atoms with van der Waals surface area (Å²) in [4.78, 5) is 0.276. The molecule has 2 heterocycles. The highest BCUT2D eigenvalue weighted by Crippen LogP contribution is 2.32. The van der Waals surface area contributed by atoms with Gasteiger partial charge in [0, 0.05) is 12.7 Å². The van der Waals surface area contributed by atoms with Gasteiger partial charge in [0.2, 0.25) is 0 Å². The summed E-state index contributed by atoms with van der Waals surface area (Å²) in [6, 6.07) is 10.1. The van der Waals surface area contributed by atoms with Gasteiger partial charge in [-0.1, -0.05) is 12.1 Å². The van der Waals surface area contributed by atoms with Crippen molar-refractivity contribution in [1.29, 1.82) is 0 Å². The van der Waals surface area contributed by atoms with E-state index in [0.717, 1.165) is 0 Å². The van der Waals surface area contributed by atoms with Crippen molar-refractivity contribution in [2.24, 2.45) is 5.73 Å². The molecule has 0 spiro atoms. The second kappa shape index (κ2) is 3.86. The van der Waals surface area contributed by atoms with Gasteiger partial charge in [0.05, 0.1) is 17.4 Å². The Morgan fingerprint density at radius 2 is 2.00 bits per heavy atom. The first-order chi connectivity index (χ1) is 8.64. The number of para-hydroxylation sites is 1. The van der Waals surface area contributed by atoms with Crippen molar-refractivity contribution >= 4 is 15.7 Å². The van der Waals surface area contributed by atoms with Crippen LogP contribution in [-0.2, 0) is 10.0 Å². The van der Waals surface area contributed by atoms with Gasteiger partial charge in [-0.15, -0.1) is 0 Å². The zero-order chi connectivity index (χ0) is 12.8. The number of hydrogen-bond donors (Lipinski definition) is 2. The molecule has 18 heavy (non-hydrogen) atoms. The molecule has 1 atom stereocenters. The van der Waals surface area contributed by atoms with Crippen LogP contribution in [0, 0.1) is 0 Å². The predicted molar refractivity (Wildman–Crippen MR) is 68.9 cm³/mol. The summed E-state index contributed by atoms with van der Waals surface area (Å²) >= 11 is 0. The molecular formula is C12H13N3O2S. The molecule has 2 aromatic rings. The van der Waals surface area contributed by atoms with Gasteiger partial charge in [-0.3, -0.25) is 0 Å². The normalized spacial score (nSPS) is 20.4. The molecule has 1 aromatic carbocycles. The van der Waals surface area contributed by atoms with E-state index >= 15 is 0 Å². The molecule has 0 fully saturated rings. The second-order valence-electron chi connectivity index (χ2n) is 4.16. The van der Waals surface area contributed by atoms with Gasteiger partial charge >= 0.3 is 0 Å². The standard InChI is InChI=1S/C12H13N3O2S/c13-8-10-11-5-3-7-15(11)18(16,17)12-6-2-1-4-9(12)14-10/h1-7,10,14H,8,13H2. The van der Waals surface area contributed by atoms with Crippen molar-refractivity contribution in [1.82, 2.24) is 3.97 Å². The first kappa shape index (κ1) is 11.3. The van der Waals surface area contributed by atoms with Crippen LogP contribution in [0.3, 0.4) is 0 Å². The Labute approximate surface area is 105 Å². The fourth-order valence-electron chi connectivity index (χ4n) is 2.23. The van der Waals surface area contributed by atoms with Crippen LogP contribution < -0.4 is 11.1 Å². The minimum absolute atomic E-state index is 0.210. The SMILES string of the molecule is NCC1Nc2ccccc2S(=O)(=O)n2cccc21. The van der Waals surface area contributed by atoms with Gasteiger partial charge in [-0.25, -0.2) is 12.4 Å². The Balaban J connectivity index is 2.34. The van der Waals surface area contributed by atoms with Gasteiger partial charge in [0.15, 0.2) is 0 Å². The maximum atomic E-state index is 12.5. The number of benzene rings is 1. The summed E-state index contributed by atoms with van der Waals surface area (Å²) in [7, 11) is -3.54. The Kier molecular flexibility index (Phi) is 2.42. The number of rotatable bonds is 1. The number of nitrogens with two attached hydrogens (primary N) is 1. The number of anilines is 1. The Bertz CT molecular complexity index is 691. The minimum Gasteiger partial charge on any atom is -0.374 e. The van der Waals surface area contributed by atoms with Crippen molar-refractivity contribution in [3.8, 4) is 0 Å². The molecule has 1 aliphatic rings. The molecule has 3 rings (SSSR count). The van der Waals surface area contributed by atoms with Gasteiger partial charge in [0.25, 0.3) is 10.0 Å². The largest absolute Gasteiger partial charge is 0.374 e. The first-order valence-electron chi connectivity index (χ1n) is 5.63. The third kappa shape index (κ3) is 1.46. The topological polar surface area (TPSA) is 77.1 Å². The van der Waals surface area contributed by atoms with Crippen LogP contribution in [0.25, 0.3) is 0 Å². The van der Waals surface area contributed by atoms with Gasteiger partial charge < -0.3 is 11.1 Å². The lowest BCUT2D eigenvalue weighted by Gasteiger charge is -2.15. The van der Waals surface area contributed by atoms with E-state index in [0.29, 0.717) is 17.9 Å². The number of nitrogens with zero attached hydrogens (tertiary/aromatic N) is 1. The lowest BCUT2D eigenvalue weighted by atomic mass is 10.2. The first-order valence-corrected chi connectivity index (χ1v) is 7.07. The fourth-order valence-corrected chi connectivity index (χ4v) is 3.79. The molecule has 0 saturated heterocycles.